The number of rotatable bonds is 11. The molecule has 0 aromatic rings. The normalized spacial score (nSPS) is 10.7. The van der Waals surface area contributed by atoms with Crippen LogP contribution in [0, 0.1) is 0 Å². The van der Waals surface area contributed by atoms with Crippen molar-refractivity contribution in [2.45, 2.75) is 58.3 Å². The van der Waals surface area contributed by atoms with Crippen molar-refractivity contribution in [1.82, 2.24) is 0 Å². The third-order valence-electron chi connectivity index (χ3n) is 2.30. The van der Waals surface area contributed by atoms with Crippen molar-refractivity contribution in [2.24, 2.45) is 0 Å². The largest absolute Gasteiger partial charge is 0.396 e. The van der Waals surface area contributed by atoms with Crippen LogP contribution in [0.1, 0.15) is 58.3 Å². The fourth-order valence-corrected chi connectivity index (χ4v) is 2.35. The summed E-state index contributed by atoms with van der Waals surface area (Å²) >= 11 is 2.09. The first-order valence-corrected chi connectivity index (χ1v) is 7.26. The van der Waals surface area contributed by atoms with Gasteiger partial charge < -0.3 is 5.11 Å². The average Bonchev–Trinajstić information content (AvgIpc) is 2.21. The second-order valence-electron chi connectivity index (χ2n) is 3.81. The molecule has 0 heterocycles. The fourth-order valence-electron chi connectivity index (χ4n) is 1.45. The molecule has 0 spiro atoms. The van der Waals surface area contributed by atoms with Crippen molar-refractivity contribution in [3.05, 3.63) is 0 Å². The number of hydrogen-bond donors (Lipinski definition) is 1. The Hall–Kier alpha value is 0.310. The molecule has 0 aromatic heterocycles. The van der Waals surface area contributed by atoms with Crippen LogP contribution < -0.4 is 0 Å². The van der Waals surface area contributed by atoms with Crippen LogP contribution in [0.4, 0.5) is 0 Å². The molecule has 0 fully saturated rings. The Morgan fingerprint density at radius 1 is 0.786 bits per heavy atom. The monoisotopic (exact) mass is 218 g/mol. The van der Waals surface area contributed by atoms with Crippen LogP contribution in [0.15, 0.2) is 0 Å². The van der Waals surface area contributed by atoms with E-state index in [1.807, 2.05) is 0 Å². The van der Waals surface area contributed by atoms with Crippen molar-refractivity contribution in [3.63, 3.8) is 0 Å². The Labute approximate surface area is 93.7 Å². The van der Waals surface area contributed by atoms with E-state index in [-0.39, 0.29) is 0 Å². The number of aliphatic hydroxyl groups is 1. The maximum atomic E-state index is 8.59. The van der Waals surface area contributed by atoms with E-state index in [1.165, 1.54) is 56.5 Å². The molecule has 0 aromatic carbocycles. The van der Waals surface area contributed by atoms with Gasteiger partial charge in [0.25, 0.3) is 0 Å². The Morgan fingerprint density at radius 3 is 1.93 bits per heavy atom. The van der Waals surface area contributed by atoms with Gasteiger partial charge in [-0.2, -0.15) is 11.8 Å². The predicted molar refractivity (Wildman–Crippen MR) is 67.0 cm³/mol. The maximum Gasteiger partial charge on any atom is 0.0431 e. The van der Waals surface area contributed by atoms with Crippen LogP contribution in [0.3, 0.4) is 0 Å². The molecule has 1 N–H and O–H groups in total. The average molecular weight is 218 g/mol. The quantitative estimate of drug-likeness (QED) is 0.532. The van der Waals surface area contributed by atoms with Crippen LogP contribution in [-0.4, -0.2) is 23.2 Å². The minimum Gasteiger partial charge on any atom is -0.396 e. The first kappa shape index (κ1) is 14.3. The summed E-state index contributed by atoms with van der Waals surface area (Å²) in [6.45, 7) is 2.61. The Bertz CT molecular complexity index is 84.3. The van der Waals surface area contributed by atoms with Gasteiger partial charge in [-0.15, -0.1) is 0 Å². The van der Waals surface area contributed by atoms with Gasteiger partial charge in [-0.05, 0) is 30.8 Å². The molecule has 1 nitrogen and oxygen atoms in total. The molecule has 14 heavy (non-hydrogen) atoms. The summed E-state index contributed by atoms with van der Waals surface area (Å²) in [6, 6.07) is 0. The second kappa shape index (κ2) is 13.3. The van der Waals surface area contributed by atoms with Crippen molar-refractivity contribution in [3.8, 4) is 0 Å². The highest BCUT2D eigenvalue weighted by Crippen LogP contribution is 2.10. The SMILES string of the molecule is CCCSCCCCCCCCCO. The summed E-state index contributed by atoms with van der Waals surface area (Å²) in [6.07, 6.45) is 10.4. The minimum absolute atomic E-state index is 0.369. The van der Waals surface area contributed by atoms with Gasteiger partial charge in [-0.3, -0.25) is 0 Å². The maximum absolute atomic E-state index is 8.59. The molecule has 86 valence electrons. The molecule has 0 saturated heterocycles. The Balaban J connectivity index is 2.78. The molecule has 0 atom stereocenters. The van der Waals surface area contributed by atoms with Crippen LogP contribution in [0.2, 0.25) is 0 Å². The lowest BCUT2D eigenvalue weighted by molar-refractivity contribution is 0.282. The molecule has 0 bridgehead atoms. The Kier molecular flexibility index (Phi) is 13.6. The first-order valence-electron chi connectivity index (χ1n) is 6.10. The summed E-state index contributed by atoms with van der Waals surface area (Å²) in [4.78, 5) is 0. The summed E-state index contributed by atoms with van der Waals surface area (Å²) in [5, 5.41) is 8.59. The Morgan fingerprint density at radius 2 is 1.36 bits per heavy atom. The summed E-state index contributed by atoms with van der Waals surface area (Å²) in [7, 11) is 0. The van der Waals surface area contributed by atoms with Gasteiger partial charge in [0.2, 0.25) is 0 Å². The van der Waals surface area contributed by atoms with Crippen LogP contribution in [0.25, 0.3) is 0 Å². The number of aliphatic hydroxyl groups excluding tert-OH is 1. The van der Waals surface area contributed by atoms with E-state index >= 15 is 0 Å². The summed E-state index contributed by atoms with van der Waals surface area (Å²) in [5.41, 5.74) is 0. The van der Waals surface area contributed by atoms with E-state index in [4.69, 9.17) is 5.11 Å². The van der Waals surface area contributed by atoms with Crippen molar-refractivity contribution in [1.29, 1.82) is 0 Å². The third-order valence-corrected chi connectivity index (χ3v) is 3.57. The molecule has 0 aliphatic rings. The molecule has 0 radical (unpaired) electrons. The lowest BCUT2D eigenvalue weighted by Gasteiger charge is -2.01. The van der Waals surface area contributed by atoms with E-state index in [0.29, 0.717) is 6.61 Å². The van der Waals surface area contributed by atoms with Crippen molar-refractivity contribution >= 4 is 11.8 Å². The van der Waals surface area contributed by atoms with Gasteiger partial charge >= 0.3 is 0 Å². The molecule has 0 aliphatic carbocycles. The first-order chi connectivity index (χ1) is 6.91. The van der Waals surface area contributed by atoms with E-state index in [9.17, 15) is 0 Å². The van der Waals surface area contributed by atoms with E-state index in [2.05, 4.69) is 18.7 Å². The van der Waals surface area contributed by atoms with Gasteiger partial charge in [0.15, 0.2) is 0 Å². The second-order valence-corrected chi connectivity index (χ2v) is 5.04. The standard InChI is InChI=1S/C12H26OS/c1-2-11-14-12-9-7-5-3-4-6-8-10-13/h13H,2-12H2,1H3. The van der Waals surface area contributed by atoms with Gasteiger partial charge in [0.05, 0.1) is 0 Å². The van der Waals surface area contributed by atoms with Crippen LogP contribution >= 0.6 is 11.8 Å². The zero-order valence-corrected chi connectivity index (χ0v) is 10.5. The number of hydrogen-bond acceptors (Lipinski definition) is 2. The molecule has 0 rings (SSSR count). The zero-order chi connectivity index (χ0) is 10.5. The molecule has 0 aliphatic heterocycles. The van der Waals surface area contributed by atoms with Gasteiger partial charge in [-0.25, -0.2) is 0 Å². The minimum atomic E-state index is 0.369. The topological polar surface area (TPSA) is 20.2 Å². The van der Waals surface area contributed by atoms with Crippen LogP contribution in [0.5, 0.6) is 0 Å². The third kappa shape index (κ3) is 12.3. The van der Waals surface area contributed by atoms with Gasteiger partial charge in [0.1, 0.15) is 0 Å². The number of thioether (sulfide) groups is 1. The molecule has 0 unspecified atom stereocenters. The fraction of sp³-hybridized carbons (Fsp3) is 1.00. The highest BCUT2D eigenvalue weighted by atomic mass is 32.2. The van der Waals surface area contributed by atoms with E-state index in [1.54, 1.807) is 0 Å². The lowest BCUT2D eigenvalue weighted by atomic mass is 10.1. The predicted octanol–water partition coefficient (Wildman–Crippen LogP) is 3.85. The summed E-state index contributed by atoms with van der Waals surface area (Å²) < 4.78 is 0. The lowest BCUT2D eigenvalue weighted by Crippen LogP contribution is -1.86. The molecule has 0 amide bonds. The van der Waals surface area contributed by atoms with Gasteiger partial charge in [-0.1, -0.05) is 39.0 Å². The molecular weight excluding hydrogens is 192 g/mol. The van der Waals surface area contributed by atoms with Crippen LogP contribution in [-0.2, 0) is 0 Å². The van der Waals surface area contributed by atoms with Crippen molar-refractivity contribution in [2.75, 3.05) is 18.1 Å². The highest BCUT2D eigenvalue weighted by molar-refractivity contribution is 7.99. The van der Waals surface area contributed by atoms with Gasteiger partial charge in [0, 0.05) is 6.61 Å². The zero-order valence-electron chi connectivity index (χ0n) is 9.63. The summed E-state index contributed by atoms with van der Waals surface area (Å²) in [5.74, 6) is 2.68. The molecule has 2 heteroatoms. The van der Waals surface area contributed by atoms with E-state index in [0.717, 1.165) is 6.42 Å². The highest BCUT2D eigenvalue weighted by Gasteiger charge is 1.91. The smallest absolute Gasteiger partial charge is 0.0431 e. The molecule has 0 saturated carbocycles. The number of unbranched alkanes of at least 4 members (excludes halogenated alkanes) is 6. The van der Waals surface area contributed by atoms with E-state index < -0.39 is 0 Å². The molecular formula is C12H26OS. The van der Waals surface area contributed by atoms with Crippen molar-refractivity contribution < 1.29 is 5.11 Å².